The molecule has 0 fully saturated rings. The number of hydrogen-bond acceptors (Lipinski definition) is 4. The quantitative estimate of drug-likeness (QED) is 0.616. The van der Waals surface area contributed by atoms with E-state index in [4.69, 9.17) is 0 Å². The van der Waals surface area contributed by atoms with E-state index < -0.39 is 0 Å². The molecule has 0 heterocycles. The zero-order valence-corrected chi connectivity index (χ0v) is 13.3. The first-order valence-electron chi connectivity index (χ1n) is 6.63. The van der Waals surface area contributed by atoms with Crippen molar-refractivity contribution in [2.75, 3.05) is 14.2 Å². The van der Waals surface area contributed by atoms with Gasteiger partial charge in [-0.25, -0.2) is 9.59 Å². The summed E-state index contributed by atoms with van der Waals surface area (Å²) in [6, 6.07) is 9.89. The molecule has 0 aromatic heterocycles. The summed E-state index contributed by atoms with van der Waals surface area (Å²) in [5.41, 5.74) is 2.00. The lowest BCUT2D eigenvalue weighted by Gasteiger charge is -1.98. The molecule has 1 rings (SSSR count). The maximum atomic E-state index is 11.0. The Morgan fingerprint density at radius 1 is 1.05 bits per heavy atom. The summed E-state index contributed by atoms with van der Waals surface area (Å²) in [7, 11) is 2.69. The number of esters is 2. The van der Waals surface area contributed by atoms with Crippen LogP contribution in [0.1, 0.15) is 18.9 Å². The predicted octanol–water partition coefficient (Wildman–Crippen LogP) is 3.55. The highest BCUT2D eigenvalue weighted by atomic mass is 16.5. The van der Waals surface area contributed by atoms with Crippen LogP contribution in [-0.2, 0) is 19.1 Å². The van der Waals surface area contributed by atoms with Crippen LogP contribution in [0.25, 0.3) is 6.08 Å². The Kier molecular flexibility index (Phi) is 9.76. The molecule has 4 nitrogen and oxygen atoms in total. The van der Waals surface area contributed by atoms with Crippen molar-refractivity contribution in [3.8, 4) is 0 Å². The van der Waals surface area contributed by atoms with Crippen molar-refractivity contribution in [3.05, 3.63) is 66.3 Å². The van der Waals surface area contributed by atoms with Crippen molar-refractivity contribution in [3.63, 3.8) is 0 Å². The normalized spacial score (nSPS) is 9.41. The molecule has 4 heteroatoms. The van der Waals surface area contributed by atoms with E-state index in [1.165, 1.54) is 14.2 Å². The largest absolute Gasteiger partial charge is 0.466 e. The van der Waals surface area contributed by atoms with E-state index in [0.29, 0.717) is 17.6 Å². The summed E-state index contributed by atoms with van der Waals surface area (Å²) in [5.74, 6) is -0.701. The molecular formula is C18H22O4. The number of carbonyl (C=O) groups is 2. The highest BCUT2D eigenvalue weighted by Crippen LogP contribution is 2.06. The first kappa shape index (κ1) is 19.4. The zero-order chi connectivity index (χ0) is 17.0. The van der Waals surface area contributed by atoms with E-state index in [0.717, 1.165) is 5.56 Å². The van der Waals surface area contributed by atoms with Gasteiger partial charge in [-0.3, -0.25) is 0 Å². The third kappa shape index (κ3) is 8.53. The predicted molar refractivity (Wildman–Crippen MR) is 88.1 cm³/mol. The van der Waals surface area contributed by atoms with E-state index in [1.54, 1.807) is 6.92 Å². The van der Waals surface area contributed by atoms with Gasteiger partial charge in [0, 0.05) is 11.1 Å². The topological polar surface area (TPSA) is 52.6 Å². The second-order valence-electron chi connectivity index (χ2n) is 4.38. The van der Waals surface area contributed by atoms with Gasteiger partial charge in [-0.05, 0) is 18.9 Å². The Morgan fingerprint density at radius 3 is 2.00 bits per heavy atom. The third-order valence-corrected chi connectivity index (χ3v) is 2.48. The van der Waals surface area contributed by atoms with Gasteiger partial charge in [0.05, 0.1) is 14.2 Å². The molecule has 1 aromatic carbocycles. The molecule has 22 heavy (non-hydrogen) atoms. The van der Waals surface area contributed by atoms with E-state index >= 15 is 0 Å². The minimum atomic E-state index is -0.354. The molecule has 1 aromatic rings. The Bertz CT molecular complexity index is 541. The molecule has 0 aliphatic rings. The molecule has 0 N–H and O–H groups in total. The number of methoxy groups -OCH3 is 2. The van der Waals surface area contributed by atoms with Crippen LogP contribution in [0.2, 0.25) is 0 Å². The molecule has 0 spiro atoms. The van der Waals surface area contributed by atoms with Crippen LogP contribution in [0, 0.1) is 0 Å². The molecule has 0 bridgehead atoms. The summed E-state index contributed by atoms with van der Waals surface area (Å²) < 4.78 is 8.82. The van der Waals surface area contributed by atoms with Gasteiger partial charge in [0.25, 0.3) is 0 Å². The van der Waals surface area contributed by atoms with Gasteiger partial charge in [-0.2, -0.15) is 0 Å². The Balaban J connectivity index is 0.000000534. The van der Waals surface area contributed by atoms with E-state index in [9.17, 15) is 9.59 Å². The Hall–Kier alpha value is -2.62. The monoisotopic (exact) mass is 302 g/mol. The van der Waals surface area contributed by atoms with Crippen LogP contribution in [0.5, 0.6) is 0 Å². The molecule has 0 aliphatic heterocycles. The average Bonchev–Trinajstić information content (AvgIpc) is 2.54. The fourth-order valence-electron chi connectivity index (χ4n) is 1.30. The first-order chi connectivity index (χ1) is 10.4. The number of hydrogen-bond donors (Lipinski definition) is 0. The Labute approximate surface area is 131 Å². The lowest BCUT2D eigenvalue weighted by molar-refractivity contribution is -0.136. The van der Waals surface area contributed by atoms with Crippen LogP contribution in [-0.4, -0.2) is 26.2 Å². The standard InChI is InChI=1S/C13H14O2.C5H8O2/c1-11(13(14)15-2)7-6-10-12-8-4-3-5-9-12;1-4(2)5(6)7-3/h3-6,8-10H,1,7H2,2H3;1H2,2-3H3. The molecule has 118 valence electrons. The van der Waals surface area contributed by atoms with Gasteiger partial charge in [-0.15, -0.1) is 0 Å². The van der Waals surface area contributed by atoms with Gasteiger partial charge in [0.1, 0.15) is 0 Å². The summed E-state index contributed by atoms with van der Waals surface area (Å²) in [6.07, 6.45) is 4.37. The van der Waals surface area contributed by atoms with Crippen LogP contribution in [0.3, 0.4) is 0 Å². The molecule has 0 saturated heterocycles. The number of carbonyl (C=O) groups excluding carboxylic acids is 2. The molecular weight excluding hydrogens is 280 g/mol. The van der Waals surface area contributed by atoms with Crippen molar-refractivity contribution in [1.82, 2.24) is 0 Å². The third-order valence-electron chi connectivity index (χ3n) is 2.48. The Morgan fingerprint density at radius 2 is 1.59 bits per heavy atom. The number of ether oxygens (including phenoxy) is 2. The number of allylic oxidation sites excluding steroid dienone is 1. The first-order valence-corrected chi connectivity index (χ1v) is 6.63. The summed E-state index contributed by atoms with van der Waals surface area (Å²) >= 11 is 0. The SMILES string of the molecule is C=C(C)C(=O)OC.C=C(CC=Cc1ccccc1)C(=O)OC. The van der Waals surface area contributed by atoms with Crippen LogP contribution >= 0.6 is 0 Å². The van der Waals surface area contributed by atoms with Crippen LogP contribution in [0.15, 0.2) is 60.7 Å². The minimum absolute atomic E-state index is 0.347. The molecule has 0 atom stereocenters. The van der Waals surface area contributed by atoms with Gasteiger partial charge < -0.3 is 9.47 Å². The fraction of sp³-hybridized carbons (Fsp3) is 0.222. The van der Waals surface area contributed by atoms with Gasteiger partial charge in [-0.1, -0.05) is 55.6 Å². The van der Waals surface area contributed by atoms with Crippen molar-refractivity contribution in [1.29, 1.82) is 0 Å². The maximum Gasteiger partial charge on any atom is 0.333 e. The molecule has 0 unspecified atom stereocenters. The number of benzene rings is 1. The van der Waals surface area contributed by atoms with Crippen molar-refractivity contribution in [2.24, 2.45) is 0 Å². The summed E-state index contributed by atoms with van der Waals surface area (Å²) in [4.78, 5) is 21.2. The average molecular weight is 302 g/mol. The second-order valence-corrected chi connectivity index (χ2v) is 4.38. The lowest BCUT2D eigenvalue weighted by Crippen LogP contribution is -2.02. The van der Waals surface area contributed by atoms with Gasteiger partial charge in [0.2, 0.25) is 0 Å². The minimum Gasteiger partial charge on any atom is -0.466 e. The fourth-order valence-corrected chi connectivity index (χ4v) is 1.30. The molecule has 0 radical (unpaired) electrons. The van der Waals surface area contributed by atoms with Crippen molar-refractivity contribution in [2.45, 2.75) is 13.3 Å². The van der Waals surface area contributed by atoms with E-state index in [-0.39, 0.29) is 11.9 Å². The zero-order valence-electron chi connectivity index (χ0n) is 13.3. The molecule has 0 amide bonds. The van der Waals surface area contributed by atoms with Gasteiger partial charge >= 0.3 is 11.9 Å². The van der Waals surface area contributed by atoms with Crippen molar-refractivity contribution >= 4 is 18.0 Å². The smallest absolute Gasteiger partial charge is 0.333 e. The number of rotatable bonds is 5. The second kappa shape index (κ2) is 11.1. The highest BCUT2D eigenvalue weighted by molar-refractivity contribution is 5.88. The summed E-state index contributed by atoms with van der Waals surface area (Å²) in [6.45, 7) is 8.59. The van der Waals surface area contributed by atoms with Crippen LogP contribution < -0.4 is 0 Å². The van der Waals surface area contributed by atoms with Crippen molar-refractivity contribution < 1.29 is 19.1 Å². The van der Waals surface area contributed by atoms with E-state index in [1.807, 2.05) is 42.5 Å². The molecule has 0 saturated carbocycles. The maximum absolute atomic E-state index is 11.0. The highest BCUT2D eigenvalue weighted by Gasteiger charge is 2.02. The van der Waals surface area contributed by atoms with Crippen LogP contribution in [0.4, 0.5) is 0 Å². The molecule has 0 aliphatic carbocycles. The van der Waals surface area contributed by atoms with E-state index in [2.05, 4.69) is 22.6 Å². The van der Waals surface area contributed by atoms with Gasteiger partial charge in [0.15, 0.2) is 0 Å². The summed E-state index contributed by atoms with van der Waals surface area (Å²) in [5, 5.41) is 0. The lowest BCUT2D eigenvalue weighted by atomic mass is 10.1.